The summed E-state index contributed by atoms with van der Waals surface area (Å²) in [5.74, 6) is 2.06. The maximum absolute atomic E-state index is 12.6. The summed E-state index contributed by atoms with van der Waals surface area (Å²) in [5.41, 5.74) is 3.63. The van der Waals surface area contributed by atoms with Gasteiger partial charge in [-0.15, -0.1) is 11.8 Å². The lowest BCUT2D eigenvalue weighted by Crippen LogP contribution is -2.28. The third-order valence-electron chi connectivity index (χ3n) is 4.23. The van der Waals surface area contributed by atoms with Gasteiger partial charge in [-0.25, -0.2) is 4.98 Å². The van der Waals surface area contributed by atoms with Crippen LogP contribution in [0.25, 0.3) is 0 Å². The Labute approximate surface area is 168 Å². The quantitative estimate of drug-likeness (QED) is 0.456. The summed E-state index contributed by atoms with van der Waals surface area (Å²) in [6.45, 7) is 6.63. The van der Waals surface area contributed by atoms with Crippen molar-refractivity contribution >= 4 is 17.7 Å². The van der Waals surface area contributed by atoms with Crippen LogP contribution in [0.5, 0.6) is 5.75 Å². The smallest absolute Gasteiger partial charge is 0.254 e. The number of aromatic nitrogens is 2. The molecule has 0 unspecified atom stereocenters. The maximum Gasteiger partial charge on any atom is 0.254 e. The number of thioether (sulfide) groups is 1. The summed E-state index contributed by atoms with van der Waals surface area (Å²) in [6, 6.07) is 11.4. The van der Waals surface area contributed by atoms with E-state index in [0.717, 1.165) is 22.8 Å². The summed E-state index contributed by atoms with van der Waals surface area (Å²) >= 11 is 1.50. The molecule has 3 aromatic rings. The van der Waals surface area contributed by atoms with Gasteiger partial charge in [0.2, 0.25) is 0 Å². The van der Waals surface area contributed by atoms with Crippen molar-refractivity contribution in [2.45, 2.75) is 31.6 Å². The highest BCUT2D eigenvalue weighted by Gasteiger charge is 2.15. The van der Waals surface area contributed by atoms with Gasteiger partial charge in [0.05, 0.1) is 17.8 Å². The number of amides is 1. The minimum atomic E-state index is -0.165. The van der Waals surface area contributed by atoms with Gasteiger partial charge in [-0.1, -0.05) is 22.9 Å². The topological polar surface area (TPSA) is 77.2 Å². The van der Waals surface area contributed by atoms with Gasteiger partial charge in [0, 0.05) is 17.5 Å². The average molecular weight is 398 g/mol. The Hall–Kier alpha value is -2.80. The van der Waals surface area contributed by atoms with E-state index in [1.54, 1.807) is 18.3 Å². The molecular weight excluding hydrogens is 374 g/mol. The minimum Gasteiger partial charge on any atom is -0.492 e. The molecule has 0 bridgehead atoms. The molecule has 2 heterocycles. The summed E-state index contributed by atoms with van der Waals surface area (Å²) in [7, 11) is 0. The van der Waals surface area contributed by atoms with Crippen LogP contribution in [-0.2, 0) is 5.75 Å². The average Bonchev–Trinajstić information content (AvgIpc) is 3.02. The van der Waals surface area contributed by atoms with E-state index in [1.165, 1.54) is 17.3 Å². The predicted molar refractivity (Wildman–Crippen MR) is 109 cm³/mol. The van der Waals surface area contributed by atoms with Gasteiger partial charge in [0.1, 0.15) is 23.1 Å². The number of ether oxygens (including phenoxy) is 1. The molecule has 146 valence electrons. The number of carbonyl (C=O) groups excluding carboxylic acids is 1. The predicted octanol–water partition coefficient (Wildman–Crippen LogP) is 4.10. The van der Waals surface area contributed by atoms with Crippen molar-refractivity contribution in [2.75, 3.05) is 13.2 Å². The van der Waals surface area contributed by atoms with E-state index >= 15 is 0 Å². The molecule has 0 spiro atoms. The first kappa shape index (κ1) is 19.9. The number of aryl methyl sites for hydroxylation is 3. The highest BCUT2D eigenvalue weighted by Crippen LogP contribution is 2.27. The van der Waals surface area contributed by atoms with Crippen molar-refractivity contribution in [1.82, 2.24) is 15.5 Å². The fourth-order valence-electron chi connectivity index (χ4n) is 2.59. The number of nitrogens with zero attached hydrogens (tertiary/aromatic N) is 2. The molecule has 2 aromatic heterocycles. The molecule has 0 fully saturated rings. The number of carbonyl (C=O) groups is 1. The first-order valence-electron chi connectivity index (χ1n) is 9.02. The van der Waals surface area contributed by atoms with Gasteiger partial charge in [-0.3, -0.25) is 4.79 Å². The van der Waals surface area contributed by atoms with Crippen LogP contribution in [0, 0.1) is 20.8 Å². The van der Waals surface area contributed by atoms with Crippen LogP contribution in [-0.4, -0.2) is 29.2 Å². The number of hydrogen-bond acceptors (Lipinski definition) is 6. The molecule has 0 radical (unpaired) electrons. The van der Waals surface area contributed by atoms with Gasteiger partial charge >= 0.3 is 0 Å². The molecule has 0 saturated heterocycles. The minimum absolute atomic E-state index is 0.165. The van der Waals surface area contributed by atoms with Crippen LogP contribution in [0.1, 0.15) is 32.9 Å². The van der Waals surface area contributed by atoms with Crippen LogP contribution < -0.4 is 10.1 Å². The zero-order valence-electron chi connectivity index (χ0n) is 16.2. The number of benzene rings is 1. The zero-order valence-corrected chi connectivity index (χ0v) is 17.0. The highest BCUT2D eigenvalue weighted by atomic mass is 32.2. The molecule has 6 nitrogen and oxygen atoms in total. The lowest BCUT2D eigenvalue weighted by molar-refractivity contribution is 0.0943. The van der Waals surface area contributed by atoms with E-state index in [9.17, 15) is 4.79 Å². The Morgan fingerprint density at radius 1 is 1.18 bits per heavy atom. The van der Waals surface area contributed by atoms with E-state index in [4.69, 9.17) is 9.26 Å². The SMILES string of the molecule is Cc1ccc(OCCNC(=O)c2cccnc2SCc2c(C)noc2C)cc1. The van der Waals surface area contributed by atoms with E-state index in [-0.39, 0.29) is 5.91 Å². The molecule has 0 atom stereocenters. The fraction of sp³-hybridized carbons (Fsp3) is 0.286. The largest absolute Gasteiger partial charge is 0.492 e. The lowest BCUT2D eigenvalue weighted by Gasteiger charge is -2.10. The van der Waals surface area contributed by atoms with Crippen molar-refractivity contribution in [3.05, 3.63) is 70.7 Å². The zero-order chi connectivity index (χ0) is 19.9. The molecule has 0 aliphatic heterocycles. The van der Waals surface area contributed by atoms with Gasteiger partial charge in [0.25, 0.3) is 5.91 Å². The number of nitrogens with one attached hydrogen (secondary N) is 1. The number of hydrogen-bond donors (Lipinski definition) is 1. The van der Waals surface area contributed by atoms with E-state index < -0.39 is 0 Å². The molecule has 28 heavy (non-hydrogen) atoms. The highest BCUT2D eigenvalue weighted by molar-refractivity contribution is 7.98. The fourth-order valence-corrected chi connectivity index (χ4v) is 3.74. The van der Waals surface area contributed by atoms with Crippen molar-refractivity contribution in [3.63, 3.8) is 0 Å². The van der Waals surface area contributed by atoms with Crippen molar-refractivity contribution < 1.29 is 14.1 Å². The lowest BCUT2D eigenvalue weighted by atomic mass is 10.2. The molecular formula is C21H23N3O3S. The maximum atomic E-state index is 12.6. The second-order valence-electron chi connectivity index (χ2n) is 6.36. The third kappa shape index (κ3) is 5.13. The monoisotopic (exact) mass is 397 g/mol. The van der Waals surface area contributed by atoms with Crippen molar-refractivity contribution in [2.24, 2.45) is 0 Å². The molecule has 0 aliphatic rings. The number of pyridine rings is 1. The summed E-state index contributed by atoms with van der Waals surface area (Å²) < 4.78 is 10.8. The molecule has 7 heteroatoms. The Morgan fingerprint density at radius 2 is 1.96 bits per heavy atom. The van der Waals surface area contributed by atoms with Gasteiger partial charge in [-0.05, 0) is 45.0 Å². The van der Waals surface area contributed by atoms with E-state index in [2.05, 4.69) is 15.5 Å². The Kier molecular flexibility index (Phi) is 6.71. The molecule has 1 amide bonds. The number of rotatable bonds is 8. The van der Waals surface area contributed by atoms with Crippen LogP contribution in [0.3, 0.4) is 0 Å². The van der Waals surface area contributed by atoms with Crippen molar-refractivity contribution in [1.29, 1.82) is 0 Å². The third-order valence-corrected chi connectivity index (χ3v) is 5.26. The van der Waals surface area contributed by atoms with E-state index in [0.29, 0.717) is 29.5 Å². The first-order valence-corrected chi connectivity index (χ1v) is 10.0. The second kappa shape index (κ2) is 9.41. The van der Waals surface area contributed by atoms with E-state index in [1.807, 2.05) is 45.0 Å². The van der Waals surface area contributed by atoms with Crippen LogP contribution in [0.4, 0.5) is 0 Å². The normalized spacial score (nSPS) is 10.7. The van der Waals surface area contributed by atoms with Crippen molar-refractivity contribution in [3.8, 4) is 5.75 Å². The van der Waals surface area contributed by atoms with Gasteiger partial charge in [-0.2, -0.15) is 0 Å². The molecule has 1 aromatic carbocycles. The van der Waals surface area contributed by atoms with Crippen LogP contribution in [0.15, 0.2) is 52.1 Å². The Bertz CT molecular complexity index is 919. The van der Waals surface area contributed by atoms with Crippen LogP contribution >= 0.6 is 11.8 Å². The summed E-state index contributed by atoms with van der Waals surface area (Å²) in [5, 5.41) is 7.53. The van der Waals surface area contributed by atoms with Gasteiger partial charge < -0.3 is 14.6 Å². The Balaban J connectivity index is 1.54. The molecule has 0 aliphatic carbocycles. The standard InChI is InChI=1S/C21H23N3O3S/c1-14-6-8-17(9-7-14)26-12-11-22-20(25)18-5-4-10-23-21(18)28-13-19-15(2)24-27-16(19)3/h4-10H,11-13H2,1-3H3,(H,22,25). The van der Waals surface area contributed by atoms with Gasteiger partial charge in [0.15, 0.2) is 0 Å². The summed E-state index contributed by atoms with van der Waals surface area (Å²) in [6.07, 6.45) is 1.69. The molecule has 0 saturated carbocycles. The van der Waals surface area contributed by atoms with Crippen LogP contribution in [0.2, 0.25) is 0 Å². The second-order valence-corrected chi connectivity index (χ2v) is 7.33. The first-order chi connectivity index (χ1) is 13.5. The molecule has 3 rings (SSSR count). The molecule has 1 N–H and O–H groups in total. The Morgan fingerprint density at radius 3 is 2.68 bits per heavy atom. The summed E-state index contributed by atoms with van der Waals surface area (Å²) in [4.78, 5) is 16.9.